The van der Waals surface area contributed by atoms with E-state index < -0.39 is 0 Å². The first-order valence-corrected chi connectivity index (χ1v) is 8.21. The number of benzene rings is 1. The Morgan fingerprint density at radius 1 is 1.14 bits per heavy atom. The summed E-state index contributed by atoms with van der Waals surface area (Å²) >= 11 is 0. The fourth-order valence-corrected chi connectivity index (χ4v) is 2.71. The van der Waals surface area contributed by atoms with Crippen molar-refractivity contribution in [3.8, 4) is 11.5 Å². The van der Waals surface area contributed by atoms with Crippen molar-refractivity contribution >= 4 is 5.78 Å². The molecular weight excluding hydrogens is 278 g/mol. The number of ether oxygens (including phenoxy) is 2. The van der Waals surface area contributed by atoms with Gasteiger partial charge in [0.25, 0.3) is 0 Å². The van der Waals surface area contributed by atoms with Gasteiger partial charge in [0.2, 0.25) is 0 Å². The molecule has 0 aliphatic heterocycles. The topological polar surface area (TPSA) is 38.8 Å². The summed E-state index contributed by atoms with van der Waals surface area (Å²) in [4.78, 5) is 15.1. The van der Waals surface area contributed by atoms with Crippen molar-refractivity contribution in [3.05, 3.63) is 23.8 Å². The van der Waals surface area contributed by atoms with Gasteiger partial charge in [-0.05, 0) is 44.6 Å². The molecular formula is C18H29NO3. The summed E-state index contributed by atoms with van der Waals surface area (Å²) < 4.78 is 10.9. The molecule has 1 unspecified atom stereocenters. The molecule has 0 aliphatic carbocycles. The standard InChI is InChI=1S/C18H29NO3/c1-6-10-15(19(7-2)8-3)18(20)14-11-12-16(21-5)17(13-14)22-9-4/h11-13,15H,6-10H2,1-5H3. The number of nitrogens with zero attached hydrogens (tertiary/aromatic N) is 1. The van der Waals surface area contributed by atoms with Crippen LogP contribution in [-0.4, -0.2) is 43.5 Å². The second-order valence-electron chi connectivity index (χ2n) is 5.19. The fraction of sp³-hybridized carbons (Fsp3) is 0.611. The highest BCUT2D eigenvalue weighted by Crippen LogP contribution is 2.29. The maximum atomic E-state index is 12.9. The van der Waals surface area contributed by atoms with Crippen molar-refractivity contribution in [2.75, 3.05) is 26.8 Å². The van der Waals surface area contributed by atoms with Crippen molar-refractivity contribution in [2.24, 2.45) is 0 Å². The van der Waals surface area contributed by atoms with Gasteiger partial charge >= 0.3 is 0 Å². The van der Waals surface area contributed by atoms with Gasteiger partial charge in [-0.25, -0.2) is 0 Å². The van der Waals surface area contributed by atoms with Crippen molar-refractivity contribution in [3.63, 3.8) is 0 Å². The van der Waals surface area contributed by atoms with Crippen molar-refractivity contribution in [1.29, 1.82) is 0 Å². The molecule has 0 spiro atoms. The molecule has 0 aliphatic rings. The summed E-state index contributed by atoms with van der Waals surface area (Å²) in [6.07, 6.45) is 1.86. The average molecular weight is 307 g/mol. The molecule has 0 bridgehead atoms. The highest BCUT2D eigenvalue weighted by molar-refractivity contribution is 6.00. The molecule has 22 heavy (non-hydrogen) atoms. The number of rotatable bonds is 10. The minimum absolute atomic E-state index is 0.0668. The molecule has 1 aromatic carbocycles. The van der Waals surface area contributed by atoms with Crippen molar-refractivity contribution in [2.45, 2.75) is 46.6 Å². The van der Waals surface area contributed by atoms with E-state index in [1.807, 2.05) is 19.1 Å². The van der Waals surface area contributed by atoms with Crippen LogP contribution in [0.2, 0.25) is 0 Å². The molecule has 0 fully saturated rings. The third-order valence-corrected chi connectivity index (χ3v) is 3.87. The van der Waals surface area contributed by atoms with E-state index in [1.54, 1.807) is 13.2 Å². The summed E-state index contributed by atoms with van der Waals surface area (Å²) in [5.74, 6) is 1.45. The van der Waals surface area contributed by atoms with Crippen LogP contribution in [0, 0.1) is 0 Å². The van der Waals surface area contributed by atoms with Crippen LogP contribution in [0.3, 0.4) is 0 Å². The Kier molecular flexibility index (Phi) is 7.96. The number of carbonyl (C=O) groups excluding carboxylic acids is 1. The molecule has 0 radical (unpaired) electrons. The minimum atomic E-state index is -0.0668. The van der Waals surface area contributed by atoms with E-state index in [0.717, 1.165) is 25.9 Å². The van der Waals surface area contributed by atoms with Gasteiger partial charge in [0.05, 0.1) is 19.8 Å². The zero-order valence-electron chi connectivity index (χ0n) is 14.5. The zero-order chi connectivity index (χ0) is 16.5. The fourth-order valence-electron chi connectivity index (χ4n) is 2.71. The molecule has 124 valence electrons. The van der Waals surface area contributed by atoms with Crippen LogP contribution < -0.4 is 9.47 Å². The summed E-state index contributed by atoms with van der Waals surface area (Å²) in [7, 11) is 1.61. The highest BCUT2D eigenvalue weighted by Gasteiger charge is 2.25. The molecule has 1 aromatic rings. The molecule has 0 saturated heterocycles. The van der Waals surface area contributed by atoms with Crippen LogP contribution in [0.4, 0.5) is 0 Å². The normalized spacial score (nSPS) is 12.3. The van der Waals surface area contributed by atoms with Crippen molar-refractivity contribution < 1.29 is 14.3 Å². The number of ketones is 1. The molecule has 1 rings (SSSR count). The molecule has 0 aromatic heterocycles. The Balaban J connectivity index is 3.10. The smallest absolute Gasteiger partial charge is 0.180 e. The van der Waals surface area contributed by atoms with E-state index in [0.29, 0.717) is 23.7 Å². The first kappa shape index (κ1) is 18.5. The Labute approximate surface area is 134 Å². The lowest BCUT2D eigenvalue weighted by atomic mass is 9.98. The second-order valence-corrected chi connectivity index (χ2v) is 5.19. The van der Waals surface area contributed by atoms with Crippen molar-refractivity contribution in [1.82, 2.24) is 4.90 Å². The van der Waals surface area contributed by atoms with Crippen LogP contribution in [0.1, 0.15) is 50.9 Å². The molecule has 0 N–H and O–H groups in total. The Hall–Kier alpha value is -1.55. The van der Waals surface area contributed by atoms with Gasteiger partial charge < -0.3 is 9.47 Å². The van der Waals surface area contributed by atoms with E-state index >= 15 is 0 Å². The number of carbonyl (C=O) groups is 1. The third-order valence-electron chi connectivity index (χ3n) is 3.87. The van der Waals surface area contributed by atoms with E-state index in [9.17, 15) is 4.79 Å². The Bertz CT molecular complexity index is 469. The maximum absolute atomic E-state index is 12.9. The van der Waals surface area contributed by atoms with E-state index in [4.69, 9.17) is 9.47 Å². The van der Waals surface area contributed by atoms with Gasteiger partial charge in [0.1, 0.15) is 0 Å². The van der Waals surface area contributed by atoms with Gasteiger partial charge in [0.15, 0.2) is 17.3 Å². The van der Waals surface area contributed by atoms with Gasteiger partial charge in [-0.15, -0.1) is 0 Å². The average Bonchev–Trinajstić information content (AvgIpc) is 2.54. The number of hydrogen-bond acceptors (Lipinski definition) is 4. The lowest BCUT2D eigenvalue weighted by Crippen LogP contribution is -2.41. The molecule has 4 heteroatoms. The summed E-state index contributed by atoms with van der Waals surface area (Å²) in [5.41, 5.74) is 0.689. The number of Topliss-reactive ketones (excluding diaryl/α,β-unsaturated/α-hetero) is 1. The molecule has 1 atom stereocenters. The third kappa shape index (κ3) is 4.47. The lowest BCUT2D eigenvalue weighted by Gasteiger charge is -2.28. The maximum Gasteiger partial charge on any atom is 0.180 e. The van der Waals surface area contributed by atoms with E-state index in [2.05, 4.69) is 25.7 Å². The minimum Gasteiger partial charge on any atom is -0.493 e. The Morgan fingerprint density at radius 2 is 1.82 bits per heavy atom. The number of hydrogen-bond donors (Lipinski definition) is 0. The number of likely N-dealkylation sites (N-methyl/N-ethyl adjacent to an activating group) is 1. The molecule has 0 saturated carbocycles. The van der Waals surface area contributed by atoms with Crippen LogP contribution in [0.5, 0.6) is 11.5 Å². The molecule has 0 amide bonds. The van der Waals surface area contributed by atoms with Gasteiger partial charge in [-0.1, -0.05) is 27.2 Å². The van der Waals surface area contributed by atoms with Crippen LogP contribution in [0.15, 0.2) is 18.2 Å². The van der Waals surface area contributed by atoms with E-state index in [-0.39, 0.29) is 11.8 Å². The Morgan fingerprint density at radius 3 is 2.32 bits per heavy atom. The predicted molar refractivity (Wildman–Crippen MR) is 90.1 cm³/mol. The first-order valence-electron chi connectivity index (χ1n) is 8.21. The van der Waals surface area contributed by atoms with Crippen LogP contribution >= 0.6 is 0 Å². The highest BCUT2D eigenvalue weighted by atomic mass is 16.5. The van der Waals surface area contributed by atoms with Crippen LogP contribution in [-0.2, 0) is 0 Å². The summed E-state index contributed by atoms with van der Waals surface area (Å²) in [5, 5.41) is 0. The van der Waals surface area contributed by atoms with E-state index in [1.165, 1.54) is 0 Å². The zero-order valence-corrected chi connectivity index (χ0v) is 14.5. The molecule has 0 heterocycles. The largest absolute Gasteiger partial charge is 0.493 e. The summed E-state index contributed by atoms with van der Waals surface area (Å²) in [6.45, 7) is 10.5. The van der Waals surface area contributed by atoms with Gasteiger partial charge in [-0.3, -0.25) is 9.69 Å². The summed E-state index contributed by atoms with van der Waals surface area (Å²) in [6, 6.07) is 5.37. The second kappa shape index (κ2) is 9.46. The molecule has 4 nitrogen and oxygen atoms in total. The SMILES string of the molecule is CCCC(C(=O)c1ccc(OC)c(OCC)c1)N(CC)CC. The quantitative estimate of drug-likeness (QED) is 0.617. The monoisotopic (exact) mass is 307 g/mol. The van der Waals surface area contributed by atoms with Gasteiger partial charge in [-0.2, -0.15) is 0 Å². The lowest BCUT2D eigenvalue weighted by molar-refractivity contribution is 0.0818. The number of methoxy groups -OCH3 is 1. The van der Waals surface area contributed by atoms with Gasteiger partial charge in [0, 0.05) is 5.56 Å². The van der Waals surface area contributed by atoms with Crippen LogP contribution in [0.25, 0.3) is 0 Å². The first-order chi connectivity index (χ1) is 10.6. The predicted octanol–water partition coefficient (Wildman–Crippen LogP) is 3.79.